The first kappa shape index (κ1) is 18.9. The highest BCUT2D eigenvalue weighted by Crippen LogP contribution is 2.14. The third-order valence-electron chi connectivity index (χ3n) is 3.14. The van der Waals surface area contributed by atoms with E-state index in [-0.39, 0.29) is 24.0 Å². The fraction of sp³-hybridized carbons (Fsp3) is 0.462. The molecule has 2 heterocycles. The Morgan fingerprint density at radius 2 is 2.27 bits per heavy atom. The molecular weight excluding hydrogens is 461 g/mol. The summed E-state index contributed by atoms with van der Waals surface area (Å²) in [5.74, 6) is 0.854. The molecular formula is C13H21BrIN7. The van der Waals surface area contributed by atoms with E-state index >= 15 is 0 Å². The molecule has 0 aromatic carbocycles. The van der Waals surface area contributed by atoms with E-state index in [9.17, 15) is 0 Å². The second kappa shape index (κ2) is 9.13. The second-order valence-electron chi connectivity index (χ2n) is 4.75. The molecule has 0 aliphatic carbocycles. The molecule has 0 bridgehead atoms. The molecule has 2 rings (SSSR count). The van der Waals surface area contributed by atoms with Gasteiger partial charge >= 0.3 is 0 Å². The Morgan fingerprint density at radius 1 is 1.50 bits per heavy atom. The van der Waals surface area contributed by atoms with Crippen LogP contribution in [0.1, 0.15) is 5.69 Å². The van der Waals surface area contributed by atoms with Gasteiger partial charge in [-0.2, -0.15) is 5.10 Å². The van der Waals surface area contributed by atoms with Crippen molar-refractivity contribution in [3.63, 3.8) is 0 Å². The van der Waals surface area contributed by atoms with Crippen LogP contribution in [0.4, 0.5) is 0 Å². The van der Waals surface area contributed by atoms with Gasteiger partial charge in [0.05, 0.1) is 13.1 Å². The van der Waals surface area contributed by atoms with Gasteiger partial charge in [0, 0.05) is 44.1 Å². The average Bonchev–Trinajstić information content (AvgIpc) is 3.05. The van der Waals surface area contributed by atoms with E-state index in [4.69, 9.17) is 0 Å². The topological polar surface area (TPSA) is 63.3 Å². The number of rotatable bonds is 5. The lowest BCUT2D eigenvalue weighted by Crippen LogP contribution is -2.40. The Labute approximate surface area is 156 Å². The summed E-state index contributed by atoms with van der Waals surface area (Å²) in [7, 11) is 5.84. The fourth-order valence-corrected chi connectivity index (χ4v) is 2.63. The minimum absolute atomic E-state index is 0. The Balaban J connectivity index is 0.00000242. The molecule has 2 aromatic heterocycles. The highest BCUT2D eigenvalue weighted by Gasteiger charge is 2.09. The lowest BCUT2D eigenvalue weighted by Gasteiger charge is -2.22. The van der Waals surface area contributed by atoms with Crippen molar-refractivity contribution in [3.8, 4) is 0 Å². The minimum Gasteiger partial charge on any atom is -0.354 e. The van der Waals surface area contributed by atoms with Gasteiger partial charge in [0.15, 0.2) is 5.96 Å². The van der Waals surface area contributed by atoms with E-state index in [1.54, 1.807) is 18.1 Å². The van der Waals surface area contributed by atoms with Crippen molar-refractivity contribution in [1.29, 1.82) is 0 Å². The van der Waals surface area contributed by atoms with Crippen LogP contribution in [-0.2, 0) is 20.1 Å². The van der Waals surface area contributed by atoms with Crippen LogP contribution in [0, 0.1) is 0 Å². The minimum atomic E-state index is 0. The summed E-state index contributed by atoms with van der Waals surface area (Å²) < 4.78 is 4.97. The highest BCUT2D eigenvalue weighted by atomic mass is 127. The first-order chi connectivity index (χ1) is 10.1. The fourth-order valence-electron chi connectivity index (χ4n) is 2.06. The number of aliphatic imine (C=N–C) groups is 1. The third-order valence-corrected chi connectivity index (χ3v) is 3.57. The summed E-state index contributed by atoms with van der Waals surface area (Å²) in [4.78, 5) is 10.3. The summed E-state index contributed by atoms with van der Waals surface area (Å²) in [6.45, 7) is 2.28. The van der Waals surface area contributed by atoms with Gasteiger partial charge in [-0.05, 0) is 22.0 Å². The van der Waals surface area contributed by atoms with Crippen LogP contribution in [0.5, 0.6) is 0 Å². The van der Waals surface area contributed by atoms with Crippen LogP contribution >= 0.6 is 39.9 Å². The zero-order valence-electron chi connectivity index (χ0n) is 12.9. The normalized spacial score (nSPS) is 11.2. The van der Waals surface area contributed by atoms with E-state index in [0.29, 0.717) is 0 Å². The van der Waals surface area contributed by atoms with E-state index in [1.807, 2.05) is 20.3 Å². The molecule has 0 spiro atoms. The van der Waals surface area contributed by atoms with Crippen molar-refractivity contribution in [1.82, 2.24) is 29.5 Å². The van der Waals surface area contributed by atoms with Crippen molar-refractivity contribution in [3.05, 3.63) is 35.1 Å². The molecule has 0 aliphatic rings. The summed E-state index contributed by atoms with van der Waals surface area (Å²) in [5, 5.41) is 7.39. The molecule has 2 aromatic rings. The number of aromatic nitrogens is 4. The van der Waals surface area contributed by atoms with Crippen LogP contribution in [0.2, 0.25) is 0 Å². The molecule has 0 fully saturated rings. The Kier molecular flexibility index (Phi) is 7.87. The number of halogens is 2. The maximum absolute atomic E-state index is 4.30. The summed E-state index contributed by atoms with van der Waals surface area (Å²) >= 11 is 3.49. The maximum atomic E-state index is 4.30. The molecule has 1 N–H and O–H groups in total. The van der Waals surface area contributed by atoms with Crippen molar-refractivity contribution in [2.45, 2.75) is 13.1 Å². The SMILES string of the molecule is CN=C(NCCn1cncn1)N(C)Cc1cc(Br)cn1C.I. The number of hydrogen-bond donors (Lipinski definition) is 1. The molecule has 122 valence electrons. The highest BCUT2D eigenvalue weighted by molar-refractivity contribution is 14.0. The molecule has 0 saturated heterocycles. The van der Waals surface area contributed by atoms with Gasteiger partial charge in [0.1, 0.15) is 12.7 Å². The molecule has 0 saturated carbocycles. The van der Waals surface area contributed by atoms with Gasteiger partial charge in [-0.3, -0.25) is 9.67 Å². The van der Waals surface area contributed by atoms with Gasteiger partial charge in [-0.25, -0.2) is 4.98 Å². The largest absolute Gasteiger partial charge is 0.354 e. The Hall–Kier alpha value is -1.10. The van der Waals surface area contributed by atoms with E-state index in [0.717, 1.165) is 30.1 Å². The molecule has 0 unspecified atom stereocenters. The van der Waals surface area contributed by atoms with E-state index in [1.165, 1.54) is 12.0 Å². The third kappa shape index (κ3) is 5.27. The molecule has 9 heteroatoms. The Morgan fingerprint density at radius 3 is 2.82 bits per heavy atom. The van der Waals surface area contributed by atoms with Crippen LogP contribution in [-0.4, -0.2) is 50.8 Å². The van der Waals surface area contributed by atoms with Crippen molar-refractivity contribution in [2.24, 2.45) is 12.0 Å². The molecule has 7 nitrogen and oxygen atoms in total. The molecule has 0 radical (unpaired) electrons. The summed E-state index contributed by atoms with van der Waals surface area (Å²) in [6.07, 6.45) is 5.29. The lowest BCUT2D eigenvalue weighted by molar-refractivity contribution is 0.457. The maximum Gasteiger partial charge on any atom is 0.193 e. The van der Waals surface area contributed by atoms with E-state index < -0.39 is 0 Å². The number of nitrogens with zero attached hydrogens (tertiary/aromatic N) is 6. The van der Waals surface area contributed by atoms with Gasteiger partial charge in [0.25, 0.3) is 0 Å². The standard InChI is InChI=1S/C13H20BrN7.HI/c1-15-13(17-4-5-21-10-16-9-18-21)20(3)8-12-6-11(14)7-19(12)2;/h6-7,9-10H,4-5,8H2,1-3H3,(H,15,17);1H. The summed E-state index contributed by atoms with van der Waals surface area (Å²) in [5.41, 5.74) is 1.21. The molecule has 0 aliphatic heterocycles. The Bertz CT molecular complexity index is 594. The first-order valence-electron chi connectivity index (χ1n) is 6.65. The van der Waals surface area contributed by atoms with Crippen LogP contribution in [0.25, 0.3) is 0 Å². The smallest absolute Gasteiger partial charge is 0.193 e. The molecule has 0 atom stereocenters. The predicted molar refractivity (Wildman–Crippen MR) is 101 cm³/mol. The van der Waals surface area contributed by atoms with Crippen molar-refractivity contribution in [2.75, 3.05) is 20.6 Å². The van der Waals surface area contributed by atoms with Crippen molar-refractivity contribution < 1.29 is 0 Å². The quantitative estimate of drug-likeness (QED) is 0.401. The van der Waals surface area contributed by atoms with E-state index in [2.05, 4.69) is 51.9 Å². The van der Waals surface area contributed by atoms with Gasteiger partial charge in [0.2, 0.25) is 0 Å². The zero-order valence-corrected chi connectivity index (χ0v) is 16.8. The van der Waals surface area contributed by atoms with Crippen LogP contribution in [0.3, 0.4) is 0 Å². The van der Waals surface area contributed by atoms with Gasteiger partial charge in [-0.15, -0.1) is 24.0 Å². The van der Waals surface area contributed by atoms with Gasteiger partial charge < -0.3 is 14.8 Å². The van der Waals surface area contributed by atoms with Gasteiger partial charge in [-0.1, -0.05) is 0 Å². The van der Waals surface area contributed by atoms with Crippen LogP contribution in [0.15, 0.2) is 34.4 Å². The number of hydrogen-bond acceptors (Lipinski definition) is 3. The van der Waals surface area contributed by atoms with Crippen molar-refractivity contribution >= 4 is 45.9 Å². The molecule has 22 heavy (non-hydrogen) atoms. The van der Waals surface area contributed by atoms with Crippen LogP contribution < -0.4 is 5.32 Å². The first-order valence-corrected chi connectivity index (χ1v) is 7.44. The number of aryl methyl sites for hydroxylation is 1. The number of guanidine groups is 1. The zero-order chi connectivity index (χ0) is 15.2. The predicted octanol–water partition coefficient (Wildman–Crippen LogP) is 1.70. The number of nitrogens with one attached hydrogen (secondary N) is 1. The summed E-state index contributed by atoms with van der Waals surface area (Å²) in [6, 6.07) is 2.11. The average molecular weight is 482 g/mol. The monoisotopic (exact) mass is 481 g/mol. The second-order valence-corrected chi connectivity index (χ2v) is 5.66. The lowest BCUT2D eigenvalue weighted by atomic mass is 10.4. The molecule has 0 amide bonds.